The largest absolute Gasteiger partial charge is 0.308 e. The molecule has 1 aromatic heterocycles. The molecule has 1 atom stereocenters. The van der Waals surface area contributed by atoms with E-state index in [1.54, 1.807) is 0 Å². The van der Waals surface area contributed by atoms with Gasteiger partial charge in [0.15, 0.2) is 0 Å². The molecule has 2 heterocycles. The number of nitrogens with one attached hydrogen (secondary N) is 1. The molecule has 0 aliphatic carbocycles. The van der Waals surface area contributed by atoms with E-state index in [0.717, 1.165) is 24.0 Å². The number of hydrogen-bond acceptors (Lipinski definition) is 4. The fraction of sp³-hybridized carbons (Fsp3) is 0.615. The number of rotatable bonds is 5. The van der Waals surface area contributed by atoms with Crippen LogP contribution in [0.15, 0.2) is 18.2 Å². The summed E-state index contributed by atoms with van der Waals surface area (Å²) >= 11 is 0. The van der Waals surface area contributed by atoms with Crippen LogP contribution < -0.4 is 11.3 Å². The standard InChI is InChI=1S/C13H22N4/c1-2-4-11-7-8-17(9-11)10-12-5-3-6-13(15-12)16-14/h3,5-6,11H,2,4,7-10,14H2,1H3,(H,15,16). The molecular weight excluding hydrogens is 212 g/mol. The van der Waals surface area contributed by atoms with E-state index in [1.807, 2.05) is 12.1 Å². The summed E-state index contributed by atoms with van der Waals surface area (Å²) in [6.07, 6.45) is 3.99. The summed E-state index contributed by atoms with van der Waals surface area (Å²) in [4.78, 5) is 6.94. The molecule has 17 heavy (non-hydrogen) atoms. The molecule has 1 aromatic rings. The van der Waals surface area contributed by atoms with Crippen molar-refractivity contribution in [1.82, 2.24) is 9.88 Å². The van der Waals surface area contributed by atoms with Crippen LogP contribution in [-0.2, 0) is 6.54 Å². The molecule has 2 rings (SSSR count). The Morgan fingerprint density at radius 3 is 3.18 bits per heavy atom. The third-order valence-electron chi connectivity index (χ3n) is 3.41. The summed E-state index contributed by atoms with van der Waals surface area (Å²) in [7, 11) is 0. The number of anilines is 1. The fourth-order valence-corrected chi connectivity index (χ4v) is 2.58. The lowest BCUT2D eigenvalue weighted by molar-refractivity contribution is 0.309. The van der Waals surface area contributed by atoms with Gasteiger partial charge in [0, 0.05) is 13.1 Å². The molecule has 1 aliphatic rings. The molecule has 1 aliphatic heterocycles. The minimum Gasteiger partial charge on any atom is -0.308 e. The predicted molar refractivity (Wildman–Crippen MR) is 70.3 cm³/mol. The molecule has 0 amide bonds. The SMILES string of the molecule is CCCC1CCN(Cc2cccc(NN)n2)C1. The van der Waals surface area contributed by atoms with Crippen molar-refractivity contribution in [2.75, 3.05) is 18.5 Å². The highest BCUT2D eigenvalue weighted by atomic mass is 15.3. The lowest BCUT2D eigenvalue weighted by atomic mass is 10.0. The Morgan fingerprint density at radius 1 is 1.53 bits per heavy atom. The molecule has 0 aromatic carbocycles. The second kappa shape index (κ2) is 5.98. The normalized spacial score (nSPS) is 20.7. The highest BCUT2D eigenvalue weighted by Crippen LogP contribution is 2.22. The van der Waals surface area contributed by atoms with Crippen molar-refractivity contribution in [1.29, 1.82) is 0 Å². The van der Waals surface area contributed by atoms with Crippen LogP contribution >= 0.6 is 0 Å². The van der Waals surface area contributed by atoms with Crippen LogP contribution in [0, 0.1) is 5.92 Å². The summed E-state index contributed by atoms with van der Waals surface area (Å²) < 4.78 is 0. The lowest BCUT2D eigenvalue weighted by Gasteiger charge is -2.15. The van der Waals surface area contributed by atoms with E-state index in [0.29, 0.717) is 0 Å². The van der Waals surface area contributed by atoms with E-state index in [9.17, 15) is 0 Å². The Morgan fingerprint density at radius 2 is 2.41 bits per heavy atom. The van der Waals surface area contributed by atoms with Crippen LogP contribution in [0.5, 0.6) is 0 Å². The van der Waals surface area contributed by atoms with Crippen molar-refractivity contribution in [2.45, 2.75) is 32.7 Å². The van der Waals surface area contributed by atoms with Gasteiger partial charge in [-0.2, -0.15) is 0 Å². The van der Waals surface area contributed by atoms with Crippen molar-refractivity contribution in [2.24, 2.45) is 11.8 Å². The Hall–Kier alpha value is -1.13. The van der Waals surface area contributed by atoms with Crippen LogP contribution in [0.4, 0.5) is 5.82 Å². The molecule has 1 saturated heterocycles. The van der Waals surface area contributed by atoms with E-state index < -0.39 is 0 Å². The van der Waals surface area contributed by atoms with Crippen molar-refractivity contribution in [3.8, 4) is 0 Å². The molecule has 1 fully saturated rings. The molecule has 0 saturated carbocycles. The van der Waals surface area contributed by atoms with Crippen LogP contribution in [0.25, 0.3) is 0 Å². The quantitative estimate of drug-likeness (QED) is 0.604. The summed E-state index contributed by atoms with van der Waals surface area (Å²) in [5, 5.41) is 0. The predicted octanol–water partition coefficient (Wildman–Crippen LogP) is 1.99. The van der Waals surface area contributed by atoms with Gasteiger partial charge < -0.3 is 5.43 Å². The number of likely N-dealkylation sites (tertiary alicyclic amines) is 1. The van der Waals surface area contributed by atoms with Crippen LogP contribution in [-0.4, -0.2) is 23.0 Å². The van der Waals surface area contributed by atoms with Crippen molar-refractivity contribution < 1.29 is 0 Å². The van der Waals surface area contributed by atoms with Gasteiger partial charge in [0.2, 0.25) is 0 Å². The molecule has 94 valence electrons. The van der Waals surface area contributed by atoms with Gasteiger partial charge in [-0.05, 0) is 37.4 Å². The molecule has 0 bridgehead atoms. The molecular formula is C13H22N4. The van der Waals surface area contributed by atoms with E-state index >= 15 is 0 Å². The second-order valence-corrected chi connectivity index (χ2v) is 4.84. The minimum atomic E-state index is 0.742. The number of hydrogen-bond donors (Lipinski definition) is 2. The van der Waals surface area contributed by atoms with Gasteiger partial charge >= 0.3 is 0 Å². The monoisotopic (exact) mass is 234 g/mol. The molecule has 3 N–H and O–H groups in total. The second-order valence-electron chi connectivity index (χ2n) is 4.84. The molecule has 4 heteroatoms. The zero-order valence-electron chi connectivity index (χ0n) is 10.5. The number of aromatic nitrogens is 1. The number of nitrogen functional groups attached to an aromatic ring is 1. The Bertz CT molecular complexity index is 353. The molecule has 4 nitrogen and oxygen atoms in total. The first-order valence-electron chi connectivity index (χ1n) is 6.46. The number of nitrogens with two attached hydrogens (primary N) is 1. The summed E-state index contributed by atoms with van der Waals surface area (Å²) in [5.74, 6) is 6.99. The third kappa shape index (κ3) is 3.41. The van der Waals surface area contributed by atoms with Crippen molar-refractivity contribution in [3.63, 3.8) is 0 Å². The van der Waals surface area contributed by atoms with Crippen LogP contribution in [0.3, 0.4) is 0 Å². The van der Waals surface area contributed by atoms with Crippen molar-refractivity contribution in [3.05, 3.63) is 23.9 Å². The van der Waals surface area contributed by atoms with Gasteiger partial charge in [-0.15, -0.1) is 0 Å². The third-order valence-corrected chi connectivity index (χ3v) is 3.41. The summed E-state index contributed by atoms with van der Waals surface area (Å²) in [6, 6.07) is 5.94. The molecule has 1 unspecified atom stereocenters. The Kier molecular flexibility index (Phi) is 4.34. The van der Waals surface area contributed by atoms with Gasteiger partial charge in [-0.3, -0.25) is 4.90 Å². The minimum absolute atomic E-state index is 0.742. The number of nitrogens with zero attached hydrogens (tertiary/aromatic N) is 2. The average Bonchev–Trinajstić information content (AvgIpc) is 2.77. The highest BCUT2D eigenvalue weighted by Gasteiger charge is 2.21. The molecule has 0 radical (unpaired) electrons. The van der Waals surface area contributed by atoms with Gasteiger partial charge in [0.25, 0.3) is 0 Å². The number of hydrazine groups is 1. The van der Waals surface area contributed by atoms with Crippen LogP contribution in [0.1, 0.15) is 31.9 Å². The smallest absolute Gasteiger partial charge is 0.140 e. The van der Waals surface area contributed by atoms with Gasteiger partial charge in [-0.25, -0.2) is 10.8 Å². The van der Waals surface area contributed by atoms with Crippen molar-refractivity contribution >= 4 is 5.82 Å². The van der Waals surface area contributed by atoms with E-state index in [-0.39, 0.29) is 0 Å². The first kappa shape index (κ1) is 12.3. The van der Waals surface area contributed by atoms with E-state index in [2.05, 4.69) is 28.3 Å². The zero-order chi connectivity index (χ0) is 12.1. The van der Waals surface area contributed by atoms with Gasteiger partial charge in [0.05, 0.1) is 5.69 Å². The maximum atomic E-state index is 5.36. The topological polar surface area (TPSA) is 54.2 Å². The van der Waals surface area contributed by atoms with E-state index in [1.165, 1.54) is 32.4 Å². The summed E-state index contributed by atoms with van der Waals surface area (Å²) in [6.45, 7) is 5.62. The first-order valence-corrected chi connectivity index (χ1v) is 6.46. The fourth-order valence-electron chi connectivity index (χ4n) is 2.58. The van der Waals surface area contributed by atoms with Gasteiger partial charge in [0.1, 0.15) is 5.82 Å². The number of pyridine rings is 1. The van der Waals surface area contributed by atoms with Gasteiger partial charge in [-0.1, -0.05) is 19.4 Å². The Balaban J connectivity index is 1.88. The Labute approximate surface area is 103 Å². The average molecular weight is 234 g/mol. The lowest BCUT2D eigenvalue weighted by Crippen LogP contribution is -2.21. The zero-order valence-corrected chi connectivity index (χ0v) is 10.5. The summed E-state index contributed by atoms with van der Waals surface area (Å²) in [5.41, 5.74) is 3.69. The van der Waals surface area contributed by atoms with Crippen LogP contribution in [0.2, 0.25) is 0 Å². The van der Waals surface area contributed by atoms with E-state index in [4.69, 9.17) is 5.84 Å². The first-order chi connectivity index (χ1) is 8.31. The maximum Gasteiger partial charge on any atom is 0.140 e. The highest BCUT2D eigenvalue weighted by molar-refractivity contribution is 5.33. The maximum absolute atomic E-state index is 5.36. The molecule has 0 spiro atoms.